The van der Waals surface area contributed by atoms with Crippen LogP contribution < -0.4 is 14.2 Å². The molecule has 2 aliphatic rings. The smallest absolute Gasteiger partial charge is 0.241 e. The first-order valence-electron chi connectivity index (χ1n) is 9.48. The number of rotatable bonds is 5. The Morgan fingerprint density at radius 1 is 1.22 bits per heavy atom. The van der Waals surface area contributed by atoms with Crippen LogP contribution in [0.3, 0.4) is 0 Å². The first-order valence-corrected chi connectivity index (χ1v) is 11.0. The van der Waals surface area contributed by atoms with Crippen molar-refractivity contribution < 1.29 is 22.7 Å². The topological polar surface area (TPSA) is 84.9 Å². The van der Waals surface area contributed by atoms with E-state index < -0.39 is 16.1 Å². The molecular formula is C19H28N2O5S. The summed E-state index contributed by atoms with van der Waals surface area (Å²) in [5.74, 6) is 1.05. The monoisotopic (exact) mass is 396 g/mol. The van der Waals surface area contributed by atoms with Crippen molar-refractivity contribution in [3.05, 3.63) is 18.2 Å². The zero-order valence-corrected chi connectivity index (χ0v) is 16.9. The standard InChI is InChI=1S/C19H28N2O5S/c1-13(2)18(19(22)21-8-4-5-14(3)12-21)20-27(23,24)15-6-7-16-17(11-15)26-10-9-25-16/h6-7,11,13-14,18,20H,4-5,8-10,12H2,1-3H3. The lowest BCUT2D eigenvalue weighted by molar-refractivity contribution is -0.135. The summed E-state index contributed by atoms with van der Waals surface area (Å²) in [5.41, 5.74) is 0. The van der Waals surface area contributed by atoms with Crippen molar-refractivity contribution in [1.29, 1.82) is 0 Å². The highest BCUT2D eigenvalue weighted by Gasteiger charge is 2.33. The maximum Gasteiger partial charge on any atom is 0.241 e. The van der Waals surface area contributed by atoms with E-state index in [0.717, 1.165) is 12.8 Å². The first-order chi connectivity index (χ1) is 12.8. The van der Waals surface area contributed by atoms with E-state index in [9.17, 15) is 13.2 Å². The van der Waals surface area contributed by atoms with Crippen molar-refractivity contribution in [3.63, 3.8) is 0 Å². The second kappa shape index (κ2) is 8.06. The number of piperidine rings is 1. The minimum Gasteiger partial charge on any atom is -0.486 e. The summed E-state index contributed by atoms with van der Waals surface area (Å²) < 4.78 is 39.3. The van der Waals surface area contributed by atoms with Gasteiger partial charge in [0.1, 0.15) is 19.3 Å². The number of sulfonamides is 1. The normalized spacial score (nSPS) is 21.2. The first kappa shape index (κ1) is 19.9. The molecule has 3 rings (SSSR count). The fourth-order valence-corrected chi connectivity index (χ4v) is 4.84. The van der Waals surface area contributed by atoms with Gasteiger partial charge in [0.15, 0.2) is 11.5 Å². The minimum atomic E-state index is -3.87. The van der Waals surface area contributed by atoms with Crippen LogP contribution in [-0.2, 0) is 14.8 Å². The van der Waals surface area contributed by atoms with Crippen LogP contribution in [0, 0.1) is 11.8 Å². The number of hydrogen-bond donors (Lipinski definition) is 1. The highest BCUT2D eigenvalue weighted by Crippen LogP contribution is 2.32. The third-order valence-corrected chi connectivity index (χ3v) is 6.45. The second-order valence-corrected chi connectivity index (χ2v) is 9.39. The molecule has 27 heavy (non-hydrogen) atoms. The number of nitrogens with one attached hydrogen (secondary N) is 1. The van der Waals surface area contributed by atoms with Crippen LogP contribution in [0.25, 0.3) is 0 Å². The number of hydrogen-bond acceptors (Lipinski definition) is 5. The Balaban J connectivity index is 1.79. The molecule has 0 bridgehead atoms. The predicted octanol–water partition coefficient (Wildman–Crippen LogP) is 2.02. The van der Waals surface area contributed by atoms with E-state index in [-0.39, 0.29) is 16.7 Å². The van der Waals surface area contributed by atoms with Crippen molar-refractivity contribution in [2.75, 3.05) is 26.3 Å². The van der Waals surface area contributed by atoms with Gasteiger partial charge >= 0.3 is 0 Å². The molecule has 0 saturated carbocycles. The summed E-state index contributed by atoms with van der Waals surface area (Å²) in [5, 5.41) is 0. The average Bonchev–Trinajstić information content (AvgIpc) is 2.65. The fraction of sp³-hybridized carbons (Fsp3) is 0.632. The van der Waals surface area contributed by atoms with Gasteiger partial charge in [0.2, 0.25) is 15.9 Å². The molecule has 1 aromatic carbocycles. The van der Waals surface area contributed by atoms with Gasteiger partial charge in [0.25, 0.3) is 0 Å². The van der Waals surface area contributed by atoms with Crippen molar-refractivity contribution in [2.45, 2.75) is 44.6 Å². The molecule has 0 aliphatic carbocycles. The highest BCUT2D eigenvalue weighted by molar-refractivity contribution is 7.89. The van der Waals surface area contributed by atoms with E-state index in [1.165, 1.54) is 12.1 Å². The van der Waals surface area contributed by atoms with Crippen molar-refractivity contribution in [2.24, 2.45) is 11.8 Å². The van der Waals surface area contributed by atoms with Gasteiger partial charge in [-0.25, -0.2) is 8.42 Å². The molecule has 7 nitrogen and oxygen atoms in total. The number of likely N-dealkylation sites (tertiary alicyclic amines) is 1. The van der Waals surface area contributed by atoms with E-state index in [1.807, 2.05) is 13.8 Å². The van der Waals surface area contributed by atoms with Gasteiger partial charge in [0.05, 0.1) is 4.90 Å². The Hall–Kier alpha value is -1.80. The molecule has 1 saturated heterocycles. The molecule has 2 unspecified atom stereocenters. The van der Waals surface area contributed by atoms with Gasteiger partial charge in [0, 0.05) is 19.2 Å². The minimum absolute atomic E-state index is 0.0669. The number of carbonyl (C=O) groups is 1. The largest absolute Gasteiger partial charge is 0.486 e. The van der Waals surface area contributed by atoms with Crippen LogP contribution in [0.5, 0.6) is 11.5 Å². The number of nitrogens with zero attached hydrogens (tertiary/aromatic N) is 1. The van der Waals surface area contributed by atoms with Crippen molar-refractivity contribution >= 4 is 15.9 Å². The maximum atomic E-state index is 13.0. The molecule has 2 atom stereocenters. The van der Waals surface area contributed by atoms with Crippen molar-refractivity contribution in [3.8, 4) is 11.5 Å². The average molecular weight is 397 g/mol. The van der Waals surface area contributed by atoms with Gasteiger partial charge in [-0.1, -0.05) is 20.8 Å². The third kappa shape index (κ3) is 4.55. The molecule has 0 radical (unpaired) electrons. The Labute approximate surface area is 161 Å². The molecule has 0 spiro atoms. The van der Waals surface area contributed by atoms with Crippen LogP contribution in [0.2, 0.25) is 0 Å². The lowest BCUT2D eigenvalue weighted by Gasteiger charge is -2.34. The van der Waals surface area contributed by atoms with E-state index in [4.69, 9.17) is 9.47 Å². The number of amides is 1. The molecule has 1 amide bonds. The quantitative estimate of drug-likeness (QED) is 0.823. The Bertz CT molecular complexity index is 793. The van der Waals surface area contributed by atoms with E-state index in [2.05, 4.69) is 11.6 Å². The van der Waals surface area contributed by atoms with Gasteiger partial charge < -0.3 is 14.4 Å². The molecule has 2 heterocycles. The Morgan fingerprint density at radius 3 is 2.59 bits per heavy atom. The van der Waals surface area contributed by atoms with Crippen molar-refractivity contribution in [1.82, 2.24) is 9.62 Å². The Morgan fingerprint density at radius 2 is 1.93 bits per heavy atom. The molecule has 2 aliphatic heterocycles. The van der Waals surface area contributed by atoms with Crippen LogP contribution >= 0.6 is 0 Å². The van der Waals surface area contributed by atoms with Crippen LogP contribution in [0.1, 0.15) is 33.6 Å². The van der Waals surface area contributed by atoms with E-state index in [0.29, 0.717) is 43.7 Å². The van der Waals surface area contributed by atoms with Crippen LogP contribution in [0.15, 0.2) is 23.1 Å². The SMILES string of the molecule is CC1CCCN(C(=O)C(NS(=O)(=O)c2ccc3c(c2)OCCO3)C(C)C)C1. The molecule has 8 heteroatoms. The molecule has 1 fully saturated rings. The Kier molecular flexibility index (Phi) is 5.95. The molecule has 0 aromatic heterocycles. The van der Waals surface area contributed by atoms with Gasteiger partial charge in [-0.2, -0.15) is 4.72 Å². The van der Waals surface area contributed by atoms with E-state index in [1.54, 1.807) is 11.0 Å². The number of carbonyl (C=O) groups excluding carboxylic acids is 1. The van der Waals surface area contributed by atoms with E-state index >= 15 is 0 Å². The van der Waals surface area contributed by atoms with Gasteiger partial charge in [-0.15, -0.1) is 0 Å². The molecule has 1 N–H and O–H groups in total. The summed E-state index contributed by atoms with van der Waals surface area (Å²) >= 11 is 0. The number of benzene rings is 1. The summed E-state index contributed by atoms with van der Waals surface area (Å²) in [6.07, 6.45) is 2.05. The third-order valence-electron chi connectivity index (χ3n) is 5.01. The lowest BCUT2D eigenvalue weighted by atomic mass is 9.97. The lowest BCUT2D eigenvalue weighted by Crippen LogP contribution is -2.53. The van der Waals surface area contributed by atoms with Crippen LogP contribution in [0.4, 0.5) is 0 Å². The summed E-state index contributed by atoms with van der Waals surface area (Å²) in [6, 6.07) is 3.71. The van der Waals surface area contributed by atoms with Gasteiger partial charge in [-0.3, -0.25) is 4.79 Å². The zero-order valence-electron chi connectivity index (χ0n) is 16.1. The summed E-state index contributed by atoms with van der Waals surface area (Å²) in [6.45, 7) is 7.99. The van der Waals surface area contributed by atoms with Crippen LogP contribution in [-0.4, -0.2) is 51.6 Å². The number of ether oxygens (including phenoxy) is 2. The maximum absolute atomic E-state index is 13.0. The molecule has 1 aromatic rings. The second-order valence-electron chi connectivity index (χ2n) is 7.68. The zero-order chi connectivity index (χ0) is 19.6. The molecule has 150 valence electrons. The highest BCUT2D eigenvalue weighted by atomic mass is 32.2. The number of fused-ring (bicyclic) bond motifs is 1. The fourth-order valence-electron chi connectivity index (χ4n) is 3.48. The predicted molar refractivity (Wildman–Crippen MR) is 101 cm³/mol. The summed E-state index contributed by atoms with van der Waals surface area (Å²) in [4.78, 5) is 14.8. The summed E-state index contributed by atoms with van der Waals surface area (Å²) in [7, 11) is -3.87. The molecular weight excluding hydrogens is 368 g/mol. The van der Waals surface area contributed by atoms with Gasteiger partial charge in [-0.05, 0) is 36.8 Å².